The molecule has 0 aromatic carbocycles. The van der Waals surface area contributed by atoms with Gasteiger partial charge in [0, 0.05) is 12.6 Å². The molecule has 0 aliphatic heterocycles. The summed E-state index contributed by atoms with van der Waals surface area (Å²) in [4.78, 5) is 7.40. The second kappa shape index (κ2) is 7.91. The molecule has 114 valence electrons. The van der Waals surface area contributed by atoms with E-state index in [1.807, 2.05) is 13.8 Å². The zero-order valence-electron chi connectivity index (χ0n) is 11.8. The van der Waals surface area contributed by atoms with Gasteiger partial charge < -0.3 is 10.1 Å². The van der Waals surface area contributed by atoms with Crippen LogP contribution in [0, 0.1) is 0 Å². The Balaban J connectivity index is 2.80. The summed E-state index contributed by atoms with van der Waals surface area (Å²) in [7, 11) is 0. The molecule has 4 nitrogen and oxygen atoms in total. The summed E-state index contributed by atoms with van der Waals surface area (Å²) in [5.74, 6) is -0.0887. The highest BCUT2D eigenvalue weighted by molar-refractivity contribution is 5.31. The van der Waals surface area contributed by atoms with Gasteiger partial charge in [-0.15, -0.1) is 0 Å². The topological polar surface area (TPSA) is 47.0 Å². The van der Waals surface area contributed by atoms with Gasteiger partial charge in [-0.3, -0.25) is 0 Å². The molecule has 20 heavy (non-hydrogen) atoms. The lowest BCUT2D eigenvalue weighted by atomic mass is 10.3. The van der Waals surface area contributed by atoms with Crippen molar-refractivity contribution in [1.82, 2.24) is 9.97 Å². The zero-order chi connectivity index (χ0) is 15.0. The summed E-state index contributed by atoms with van der Waals surface area (Å²) < 4.78 is 43.5. The number of anilines is 1. The molecule has 0 atom stereocenters. The first-order valence-corrected chi connectivity index (χ1v) is 6.80. The number of hydrogen-bond acceptors (Lipinski definition) is 4. The fourth-order valence-corrected chi connectivity index (χ4v) is 1.49. The highest BCUT2D eigenvalue weighted by atomic mass is 19.4. The van der Waals surface area contributed by atoms with E-state index in [1.165, 1.54) is 0 Å². The van der Waals surface area contributed by atoms with E-state index in [-0.39, 0.29) is 11.8 Å². The Bertz CT molecular complexity index is 410. The largest absolute Gasteiger partial charge is 0.478 e. The number of nitrogens with zero attached hydrogens (tertiary/aromatic N) is 2. The van der Waals surface area contributed by atoms with Gasteiger partial charge in [-0.1, -0.05) is 26.7 Å². The Hall–Kier alpha value is -1.53. The SMILES string of the molecule is CCCCCOc1cc(C(F)(F)F)nc(NCCC)n1. The molecule has 0 unspecified atom stereocenters. The highest BCUT2D eigenvalue weighted by Gasteiger charge is 2.34. The molecule has 7 heteroatoms. The molecule has 1 aromatic rings. The van der Waals surface area contributed by atoms with Crippen molar-refractivity contribution in [3.8, 4) is 5.88 Å². The molecule has 0 saturated carbocycles. The van der Waals surface area contributed by atoms with Crippen LogP contribution in [0.1, 0.15) is 45.2 Å². The minimum Gasteiger partial charge on any atom is -0.478 e. The summed E-state index contributed by atoms with van der Waals surface area (Å²) in [6.45, 7) is 4.81. The number of nitrogens with one attached hydrogen (secondary N) is 1. The smallest absolute Gasteiger partial charge is 0.433 e. The molecule has 0 spiro atoms. The van der Waals surface area contributed by atoms with Crippen LogP contribution >= 0.6 is 0 Å². The average Bonchev–Trinajstić information content (AvgIpc) is 2.40. The Labute approximate surface area is 116 Å². The van der Waals surface area contributed by atoms with Crippen molar-refractivity contribution in [3.05, 3.63) is 11.8 Å². The average molecular weight is 291 g/mol. The summed E-state index contributed by atoms with van der Waals surface area (Å²) in [6.07, 6.45) is -0.957. The van der Waals surface area contributed by atoms with Crippen LogP contribution in [0.25, 0.3) is 0 Å². The van der Waals surface area contributed by atoms with Crippen LogP contribution in [0.3, 0.4) is 0 Å². The van der Waals surface area contributed by atoms with Gasteiger partial charge in [0.05, 0.1) is 6.61 Å². The predicted octanol–water partition coefficient (Wildman–Crippen LogP) is 3.89. The van der Waals surface area contributed by atoms with Gasteiger partial charge in [-0.2, -0.15) is 18.2 Å². The quantitative estimate of drug-likeness (QED) is 0.738. The minimum absolute atomic E-state index is 0.0398. The van der Waals surface area contributed by atoms with Crippen LogP contribution < -0.4 is 10.1 Å². The van der Waals surface area contributed by atoms with E-state index in [4.69, 9.17) is 4.74 Å². The third-order valence-electron chi connectivity index (χ3n) is 2.52. The minimum atomic E-state index is -4.51. The lowest BCUT2D eigenvalue weighted by Crippen LogP contribution is -2.13. The van der Waals surface area contributed by atoms with E-state index in [9.17, 15) is 13.2 Å². The van der Waals surface area contributed by atoms with Gasteiger partial charge in [0.25, 0.3) is 0 Å². The van der Waals surface area contributed by atoms with Crippen LogP contribution in [0.5, 0.6) is 5.88 Å². The molecule has 0 fully saturated rings. The molecule has 1 aromatic heterocycles. The monoisotopic (exact) mass is 291 g/mol. The summed E-state index contributed by atoms with van der Waals surface area (Å²) in [6, 6.07) is 0.836. The second-order valence-electron chi connectivity index (χ2n) is 4.40. The maximum absolute atomic E-state index is 12.7. The molecule has 1 heterocycles. The maximum atomic E-state index is 12.7. The standard InChI is InChI=1S/C13H20F3N3O/c1-3-5-6-8-20-11-9-10(13(14,15)16)18-12(19-11)17-7-4-2/h9H,3-8H2,1-2H3,(H,17,18,19). The van der Waals surface area contributed by atoms with E-state index in [0.29, 0.717) is 13.2 Å². The number of rotatable bonds is 8. The Morgan fingerprint density at radius 3 is 2.50 bits per heavy atom. The summed E-state index contributed by atoms with van der Waals surface area (Å²) in [5.41, 5.74) is -0.989. The molecule has 0 aliphatic rings. The van der Waals surface area contributed by atoms with E-state index in [0.717, 1.165) is 31.7 Å². The van der Waals surface area contributed by atoms with Crippen molar-refractivity contribution < 1.29 is 17.9 Å². The third kappa shape index (κ3) is 5.63. The van der Waals surface area contributed by atoms with Gasteiger partial charge in [0.2, 0.25) is 11.8 Å². The first-order valence-electron chi connectivity index (χ1n) is 6.80. The zero-order valence-corrected chi connectivity index (χ0v) is 11.8. The second-order valence-corrected chi connectivity index (χ2v) is 4.40. The fraction of sp³-hybridized carbons (Fsp3) is 0.692. The molecule has 0 amide bonds. The van der Waals surface area contributed by atoms with Crippen LogP contribution in [0.4, 0.5) is 19.1 Å². The first-order chi connectivity index (χ1) is 9.47. The van der Waals surface area contributed by atoms with E-state index in [2.05, 4.69) is 15.3 Å². The van der Waals surface area contributed by atoms with Crippen molar-refractivity contribution in [1.29, 1.82) is 0 Å². The lowest BCUT2D eigenvalue weighted by molar-refractivity contribution is -0.141. The Morgan fingerprint density at radius 2 is 1.90 bits per heavy atom. The number of alkyl halides is 3. The number of aromatic nitrogens is 2. The van der Waals surface area contributed by atoms with Gasteiger partial charge >= 0.3 is 6.18 Å². The lowest BCUT2D eigenvalue weighted by Gasteiger charge is -2.12. The summed E-state index contributed by atoms with van der Waals surface area (Å²) in [5, 5.41) is 2.75. The van der Waals surface area contributed by atoms with Crippen LogP contribution in [0.15, 0.2) is 6.07 Å². The van der Waals surface area contributed by atoms with Crippen LogP contribution in [-0.4, -0.2) is 23.1 Å². The Morgan fingerprint density at radius 1 is 1.15 bits per heavy atom. The van der Waals surface area contributed by atoms with Crippen molar-refractivity contribution in [2.45, 2.75) is 45.7 Å². The highest BCUT2D eigenvalue weighted by Crippen LogP contribution is 2.30. The van der Waals surface area contributed by atoms with E-state index >= 15 is 0 Å². The molecule has 0 bridgehead atoms. The van der Waals surface area contributed by atoms with Gasteiger partial charge in [0.15, 0.2) is 5.69 Å². The molecule has 0 saturated heterocycles. The number of ether oxygens (including phenoxy) is 1. The van der Waals surface area contributed by atoms with Crippen molar-refractivity contribution in [2.24, 2.45) is 0 Å². The van der Waals surface area contributed by atoms with Gasteiger partial charge in [-0.05, 0) is 12.8 Å². The van der Waals surface area contributed by atoms with E-state index < -0.39 is 11.9 Å². The maximum Gasteiger partial charge on any atom is 0.433 e. The molecule has 1 N–H and O–H groups in total. The molecule has 1 rings (SSSR count). The normalized spacial score (nSPS) is 11.4. The molecular weight excluding hydrogens is 271 g/mol. The van der Waals surface area contributed by atoms with Crippen LogP contribution in [-0.2, 0) is 6.18 Å². The number of unbranched alkanes of at least 4 members (excludes halogenated alkanes) is 2. The molecule has 0 radical (unpaired) electrons. The molecular formula is C13H20F3N3O. The van der Waals surface area contributed by atoms with Gasteiger partial charge in [-0.25, -0.2) is 4.98 Å². The van der Waals surface area contributed by atoms with Crippen molar-refractivity contribution in [2.75, 3.05) is 18.5 Å². The van der Waals surface area contributed by atoms with Gasteiger partial charge in [0.1, 0.15) is 0 Å². The van der Waals surface area contributed by atoms with Crippen molar-refractivity contribution >= 4 is 5.95 Å². The van der Waals surface area contributed by atoms with Crippen LogP contribution in [0.2, 0.25) is 0 Å². The molecule has 0 aliphatic carbocycles. The number of halogens is 3. The fourth-order valence-electron chi connectivity index (χ4n) is 1.49. The number of hydrogen-bond donors (Lipinski definition) is 1. The van der Waals surface area contributed by atoms with E-state index in [1.54, 1.807) is 0 Å². The predicted molar refractivity (Wildman–Crippen MR) is 70.8 cm³/mol. The summed E-state index contributed by atoms with van der Waals surface area (Å²) >= 11 is 0. The Kier molecular flexibility index (Phi) is 6.54. The van der Waals surface area contributed by atoms with Crippen molar-refractivity contribution in [3.63, 3.8) is 0 Å². The third-order valence-corrected chi connectivity index (χ3v) is 2.52. The first kappa shape index (κ1) is 16.5.